The number of nitrogen functional groups attached to an aromatic ring is 1. The molecule has 0 saturated heterocycles. The summed E-state index contributed by atoms with van der Waals surface area (Å²) in [5.41, 5.74) is 6.16. The summed E-state index contributed by atoms with van der Waals surface area (Å²) in [6, 6.07) is 5.23. The summed E-state index contributed by atoms with van der Waals surface area (Å²) in [6.45, 7) is 3.47. The molecule has 2 N–H and O–H groups in total. The lowest BCUT2D eigenvalue weighted by atomic mass is 10.1. The Morgan fingerprint density at radius 3 is 2.80 bits per heavy atom. The number of fused-ring (bicyclic) bond motifs is 1. The molecule has 1 aromatic rings. The third kappa shape index (κ3) is 1.58. The highest BCUT2D eigenvalue weighted by molar-refractivity contribution is 6.33. The molecule has 2 rings (SSSR count). The van der Waals surface area contributed by atoms with Crippen molar-refractivity contribution in [2.75, 3.05) is 9.62 Å². The second kappa shape index (κ2) is 3.16. The van der Waals surface area contributed by atoms with Crippen LogP contribution >= 0.6 is 0 Å². The number of hydrogen-bond acceptors (Lipinski definition) is 3. The van der Waals surface area contributed by atoms with E-state index in [0.717, 1.165) is 5.69 Å². The number of ether oxygens (including phenoxy) is 1. The summed E-state index contributed by atoms with van der Waals surface area (Å²) in [7, 11) is 0. The highest BCUT2D eigenvalue weighted by Crippen LogP contribution is 2.37. The molecule has 76 valence electrons. The van der Waals surface area contributed by atoms with Crippen LogP contribution in [-0.4, -0.2) is 28.0 Å². The van der Waals surface area contributed by atoms with Crippen LogP contribution in [-0.2, 0) is 4.79 Å². The minimum atomic E-state index is -0.845. The lowest BCUT2D eigenvalue weighted by Crippen LogP contribution is -2.51. The maximum atomic E-state index is 11.8. The summed E-state index contributed by atoms with van der Waals surface area (Å²) in [6.07, 6.45) is 0. The number of amides is 1. The molecule has 2 radical (unpaired) electrons. The lowest BCUT2D eigenvalue weighted by Gasteiger charge is -2.38. The van der Waals surface area contributed by atoms with Crippen molar-refractivity contribution in [1.29, 1.82) is 0 Å². The van der Waals surface area contributed by atoms with Gasteiger partial charge in [-0.1, -0.05) is 0 Å². The van der Waals surface area contributed by atoms with Crippen molar-refractivity contribution in [2.24, 2.45) is 0 Å². The Hall–Kier alpha value is -1.18. The number of carbonyl (C=O) groups excluding carboxylic acids is 1. The van der Waals surface area contributed by atoms with Gasteiger partial charge in [0, 0.05) is 11.8 Å². The Kier molecular flexibility index (Phi) is 2.18. The zero-order valence-corrected chi connectivity index (χ0v) is 9.81. The van der Waals surface area contributed by atoms with Gasteiger partial charge in [0.05, 0.1) is 5.69 Å². The Morgan fingerprint density at radius 1 is 1.47 bits per heavy atom. The normalized spacial score (nSPS) is 18.3. The van der Waals surface area contributed by atoms with Crippen LogP contribution in [0.25, 0.3) is 0 Å². The second-order valence-electron chi connectivity index (χ2n) is 4.01. The molecule has 0 spiro atoms. The first-order valence-electron chi connectivity index (χ1n) is 4.59. The molecular weight excluding hydrogens is 207 g/mol. The number of rotatable bonds is 0. The molecule has 5 heteroatoms. The molecule has 1 heterocycles. The minimum Gasteiger partial charge on any atom is -0.476 e. The molecular formula is C10H11AlN2O2. The summed E-state index contributed by atoms with van der Waals surface area (Å²) in [5, 5.41) is 0. The Bertz CT molecular complexity index is 431. The predicted molar refractivity (Wildman–Crippen MR) is 58.8 cm³/mol. The van der Waals surface area contributed by atoms with Gasteiger partial charge >= 0.3 is 16.5 Å². The first kappa shape index (κ1) is 10.3. The number of nitrogens with zero attached hydrogens (tertiary/aromatic N) is 1. The lowest BCUT2D eigenvalue weighted by molar-refractivity contribution is -0.131. The van der Waals surface area contributed by atoms with Crippen LogP contribution < -0.4 is 14.4 Å². The van der Waals surface area contributed by atoms with E-state index in [9.17, 15) is 4.79 Å². The molecule has 0 fully saturated rings. The number of carbonyl (C=O) groups is 1. The Morgan fingerprint density at radius 2 is 2.13 bits per heavy atom. The van der Waals surface area contributed by atoms with Crippen molar-refractivity contribution in [1.82, 2.24) is 0 Å². The van der Waals surface area contributed by atoms with Gasteiger partial charge in [-0.25, -0.2) is 0 Å². The molecule has 0 aromatic heterocycles. The van der Waals surface area contributed by atoms with E-state index in [1.165, 1.54) is 3.88 Å². The van der Waals surface area contributed by atoms with Gasteiger partial charge < -0.3 is 14.4 Å². The van der Waals surface area contributed by atoms with Crippen LogP contribution in [0, 0.1) is 0 Å². The van der Waals surface area contributed by atoms with Gasteiger partial charge in [-0.15, -0.1) is 0 Å². The molecule has 1 amide bonds. The fourth-order valence-electron chi connectivity index (χ4n) is 1.53. The third-order valence-electron chi connectivity index (χ3n) is 2.34. The van der Waals surface area contributed by atoms with E-state index in [1.54, 1.807) is 32.0 Å². The first-order valence-corrected chi connectivity index (χ1v) is 5.11. The zero-order valence-electron chi connectivity index (χ0n) is 8.65. The summed E-state index contributed by atoms with van der Waals surface area (Å²) in [5.74, 6) is 0.541. The van der Waals surface area contributed by atoms with Crippen LogP contribution in [0.4, 0.5) is 11.4 Å². The van der Waals surface area contributed by atoms with Crippen LogP contribution in [0.2, 0.25) is 0 Å². The van der Waals surface area contributed by atoms with Gasteiger partial charge in [0.1, 0.15) is 5.75 Å². The van der Waals surface area contributed by atoms with Crippen LogP contribution in [0.15, 0.2) is 18.2 Å². The fraction of sp³-hybridized carbons (Fsp3) is 0.300. The quantitative estimate of drug-likeness (QED) is 0.519. The number of nitrogens with two attached hydrogens (primary N) is 1. The van der Waals surface area contributed by atoms with Crippen LogP contribution in [0.3, 0.4) is 0 Å². The summed E-state index contributed by atoms with van der Waals surface area (Å²) >= 11 is 2.39. The zero-order chi connectivity index (χ0) is 11.2. The van der Waals surface area contributed by atoms with Crippen molar-refractivity contribution < 1.29 is 9.53 Å². The van der Waals surface area contributed by atoms with E-state index in [4.69, 9.17) is 10.5 Å². The molecule has 0 atom stereocenters. The van der Waals surface area contributed by atoms with E-state index in [2.05, 4.69) is 16.5 Å². The van der Waals surface area contributed by atoms with Crippen molar-refractivity contribution in [3.8, 4) is 5.75 Å². The minimum absolute atomic E-state index is 0.0928. The second-order valence-corrected chi connectivity index (χ2v) is 4.53. The first-order chi connectivity index (χ1) is 6.92. The highest BCUT2D eigenvalue weighted by Gasteiger charge is 2.37. The third-order valence-corrected chi connectivity index (χ3v) is 2.86. The standard InChI is InChI=1S/C10H12N2O2.Al/c1-10(2)9(13)12-7-4-3-6(11)5-8(7)14-10;/h3-5H,11H2,1-2H3,(H,12,13);/q;+1/p-1. The molecule has 1 aliphatic heterocycles. The molecule has 1 aliphatic rings. The molecule has 0 bridgehead atoms. The van der Waals surface area contributed by atoms with E-state index < -0.39 is 5.60 Å². The largest absolute Gasteiger partial charge is 0.476 e. The SMILES string of the molecule is CC1(C)Oc2cc(N)ccc2[N]([Al])C1=O. The molecule has 0 aliphatic carbocycles. The number of anilines is 2. The van der Waals surface area contributed by atoms with Crippen molar-refractivity contribution in [3.63, 3.8) is 0 Å². The highest BCUT2D eigenvalue weighted by atomic mass is 27.1. The van der Waals surface area contributed by atoms with Crippen LogP contribution in [0.5, 0.6) is 5.75 Å². The Balaban J connectivity index is 2.55. The molecule has 4 nitrogen and oxygen atoms in total. The van der Waals surface area contributed by atoms with Crippen molar-refractivity contribution >= 4 is 33.8 Å². The van der Waals surface area contributed by atoms with Gasteiger partial charge in [0.15, 0.2) is 5.60 Å². The predicted octanol–water partition coefficient (Wildman–Crippen LogP) is 0.856. The average molecular weight is 218 g/mol. The maximum Gasteiger partial charge on any atom is 0.323 e. The summed E-state index contributed by atoms with van der Waals surface area (Å²) in [4.78, 5) is 11.8. The van der Waals surface area contributed by atoms with Gasteiger partial charge in [-0.2, -0.15) is 0 Å². The Labute approximate surface area is 96.6 Å². The molecule has 0 saturated carbocycles. The van der Waals surface area contributed by atoms with E-state index >= 15 is 0 Å². The molecule has 0 unspecified atom stereocenters. The monoisotopic (exact) mass is 218 g/mol. The van der Waals surface area contributed by atoms with Gasteiger partial charge in [0.25, 0.3) is 0 Å². The number of hydrogen-bond donors (Lipinski definition) is 1. The molecule has 1 aromatic carbocycles. The number of benzene rings is 1. The van der Waals surface area contributed by atoms with Gasteiger partial charge in [-0.3, -0.25) is 4.79 Å². The maximum absolute atomic E-state index is 11.8. The van der Waals surface area contributed by atoms with Crippen molar-refractivity contribution in [3.05, 3.63) is 18.2 Å². The van der Waals surface area contributed by atoms with E-state index in [-0.39, 0.29) is 5.91 Å². The van der Waals surface area contributed by atoms with Gasteiger partial charge in [0.2, 0.25) is 5.91 Å². The van der Waals surface area contributed by atoms with E-state index in [1.807, 2.05) is 0 Å². The topological polar surface area (TPSA) is 55.6 Å². The fourth-order valence-corrected chi connectivity index (χ4v) is 2.05. The molecule has 15 heavy (non-hydrogen) atoms. The van der Waals surface area contributed by atoms with Crippen LogP contribution in [0.1, 0.15) is 13.8 Å². The van der Waals surface area contributed by atoms with Gasteiger partial charge in [-0.05, 0) is 26.0 Å². The average Bonchev–Trinajstić information content (AvgIpc) is 2.13. The smallest absolute Gasteiger partial charge is 0.323 e. The van der Waals surface area contributed by atoms with E-state index in [0.29, 0.717) is 11.4 Å². The summed E-state index contributed by atoms with van der Waals surface area (Å²) < 4.78 is 7.11. The van der Waals surface area contributed by atoms with Crippen molar-refractivity contribution in [2.45, 2.75) is 19.4 Å².